The van der Waals surface area contributed by atoms with E-state index < -0.39 is 17.4 Å². The molecule has 0 amide bonds. The Morgan fingerprint density at radius 3 is 1.51 bits per heavy atom. The largest absolute Gasteiger partial charge is 0.490 e. The number of halogens is 2. The highest BCUT2D eigenvalue weighted by Crippen LogP contribution is 2.47. The van der Waals surface area contributed by atoms with E-state index in [0.29, 0.717) is 46.1 Å². The van der Waals surface area contributed by atoms with Crippen molar-refractivity contribution in [2.45, 2.75) is 51.9 Å². The fraction of sp³-hybridized carbons (Fsp3) is 0.394. The minimum atomic E-state index is -1.12. The van der Waals surface area contributed by atoms with E-state index in [1.165, 1.54) is 12.4 Å². The van der Waals surface area contributed by atoms with Gasteiger partial charge in [0.2, 0.25) is 0 Å². The van der Waals surface area contributed by atoms with Gasteiger partial charge in [0.1, 0.15) is 36.1 Å². The van der Waals surface area contributed by atoms with Crippen LogP contribution in [0.4, 0.5) is 0 Å². The van der Waals surface area contributed by atoms with Crippen molar-refractivity contribution in [3.8, 4) is 11.5 Å². The first-order chi connectivity index (χ1) is 21.5. The molecular weight excluding hydrogens is 712 g/mol. The maximum atomic E-state index is 11.7. The second kappa shape index (κ2) is 19.3. The zero-order chi connectivity index (χ0) is 33.4. The third-order valence-electron chi connectivity index (χ3n) is 7.26. The molecule has 2 rings (SSSR count). The summed E-state index contributed by atoms with van der Waals surface area (Å²) in [6.07, 6.45) is 7.95. The van der Waals surface area contributed by atoms with Crippen LogP contribution < -0.4 is 9.47 Å². The number of rotatable bonds is 19. The highest BCUT2D eigenvalue weighted by atomic mass is 79.9. The van der Waals surface area contributed by atoms with E-state index in [4.69, 9.17) is 9.47 Å². The molecule has 2 aromatic carbocycles. The molecule has 0 saturated carbocycles. The highest BCUT2D eigenvalue weighted by Gasteiger charge is 2.38. The summed E-state index contributed by atoms with van der Waals surface area (Å²) < 4.78 is 12.7. The topological polar surface area (TPSA) is 158 Å². The van der Waals surface area contributed by atoms with Gasteiger partial charge in [-0.3, -0.25) is 9.98 Å². The summed E-state index contributed by atoms with van der Waals surface area (Å²) in [5.41, 5.74) is 1.06. The van der Waals surface area contributed by atoms with Crippen LogP contribution in [0, 0.1) is 5.92 Å². The number of carbonyl (C=O) groups is 2. The average Bonchev–Trinajstić information content (AvgIpc) is 3.01. The van der Waals surface area contributed by atoms with Crippen molar-refractivity contribution in [1.29, 1.82) is 0 Å². The Balaban J connectivity index is 2.74. The van der Waals surface area contributed by atoms with Gasteiger partial charge in [-0.25, -0.2) is 9.59 Å². The lowest BCUT2D eigenvalue weighted by molar-refractivity contribution is -0.133. The summed E-state index contributed by atoms with van der Waals surface area (Å²) in [6.45, 7) is 5.41. The smallest absolute Gasteiger partial charge is 0.354 e. The van der Waals surface area contributed by atoms with Crippen LogP contribution in [0.3, 0.4) is 0 Å². The van der Waals surface area contributed by atoms with Crippen LogP contribution in [0.2, 0.25) is 0 Å². The SMILES string of the molecule is CC=NC(=CCCC(CCC=C(N=CC)C(=O)O)C(C)(c1ccc(OCCO)c(Br)c1)c1ccc(OCCO)c(Br)c1)C(=O)O. The molecule has 4 N–H and O–H groups in total. The van der Waals surface area contributed by atoms with Crippen LogP contribution in [-0.2, 0) is 15.0 Å². The van der Waals surface area contributed by atoms with Gasteiger partial charge in [0.15, 0.2) is 0 Å². The van der Waals surface area contributed by atoms with Crippen molar-refractivity contribution in [2.75, 3.05) is 26.4 Å². The Morgan fingerprint density at radius 2 is 1.20 bits per heavy atom. The van der Waals surface area contributed by atoms with Crippen LogP contribution in [0.1, 0.15) is 57.6 Å². The first-order valence-electron chi connectivity index (χ1n) is 14.4. The minimum Gasteiger partial charge on any atom is -0.490 e. The molecule has 12 heteroatoms. The molecule has 0 bridgehead atoms. The predicted octanol–water partition coefficient (Wildman–Crippen LogP) is 6.55. The van der Waals surface area contributed by atoms with Gasteiger partial charge in [0.05, 0.1) is 22.2 Å². The molecule has 0 aromatic heterocycles. The number of allylic oxidation sites excluding steroid dienone is 2. The van der Waals surface area contributed by atoms with E-state index in [1.54, 1.807) is 26.0 Å². The van der Waals surface area contributed by atoms with Crippen LogP contribution in [-0.4, -0.2) is 71.2 Å². The van der Waals surface area contributed by atoms with Crippen molar-refractivity contribution >= 4 is 56.2 Å². The third kappa shape index (κ3) is 10.9. The van der Waals surface area contributed by atoms with Gasteiger partial charge >= 0.3 is 11.9 Å². The molecule has 0 aliphatic rings. The Bertz CT molecular complexity index is 1320. The first-order valence-corrected chi connectivity index (χ1v) is 16.0. The van der Waals surface area contributed by atoms with Gasteiger partial charge in [-0.05, 0) is 113 Å². The lowest BCUT2D eigenvalue weighted by atomic mass is 9.64. The second-order valence-corrected chi connectivity index (χ2v) is 11.8. The predicted molar refractivity (Wildman–Crippen MR) is 182 cm³/mol. The third-order valence-corrected chi connectivity index (χ3v) is 8.50. The lowest BCUT2D eigenvalue weighted by Gasteiger charge is -2.40. The molecule has 0 radical (unpaired) electrons. The Kier molecular flexibility index (Phi) is 16.2. The van der Waals surface area contributed by atoms with Crippen molar-refractivity contribution in [2.24, 2.45) is 15.9 Å². The van der Waals surface area contributed by atoms with Gasteiger partial charge in [-0.15, -0.1) is 0 Å². The van der Waals surface area contributed by atoms with E-state index in [1.807, 2.05) is 36.4 Å². The monoisotopic (exact) mass is 750 g/mol. The van der Waals surface area contributed by atoms with Gasteiger partial charge in [-0.2, -0.15) is 0 Å². The molecule has 0 aliphatic carbocycles. The number of aliphatic carboxylic acids is 2. The Morgan fingerprint density at radius 1 is 0.800 bits per heavy atom. The second-order valence-electron chi connectivity index (χ2n) is 10.1. The van der Waals surface area contributed by atoms with Gasteiger partial charge < -0.3 is 29.9 Å². The highest BCUT2D eigenvalue weighted by molar-refractivity contribution is 9.10. The number of hydrogen-bond donors (Lipinski definition) is 4. The molecule has 0 fully saturated rings. The zero-order valence-electron chi connectivity index (χ0n) is 25.6. The molecule has 45 heavy (non-hydrogen) atoms. The maximum Gasteiger partial charge on any atom is 0.354 e. The lowest BCUT2D eigenvalue weighted by Crippen LogP contribution is -2.34. The Labute approximate surface area is 280 Å². The van der Waals surface area contributed by atoms with Gasteiger partial charge in [-0.1, -0.05) is 31.2 Å². The van der Waals surface area contributed by atoms with Crippen LogP contribution in [0.15, 0.2) is 78.9 Å². The molecule has 0 aliphatic heterocycles. The molecule has 0 unspecified atom stereocenters. The summed E-state index contributed by atoms with van der Waals surface area (Å²) in [7, 11) is 0. The number of aliphatic imine (C=N–C) groups is 2. The summed E-state index contributed by atoms with van der Waals surface area (Å²) in [5.74, 6) is -1.25. The number of nitrogens with zero attached hydrogens (tertiary/aromatic N) is 2. The fourth-order valence-corrected chi connectivity index (χ4v) is 6.05. The van der Waals surface area contributed by atoms with E-state index in [-0.39, 0.29) is 43.7 Å². The Hall–Kier alpha value is -3.32. The summed E-state index contributed by atoms with van der Waals surface area (Å²) in [5, 5.41) is 37.7. The van der Waals surface area contributed by atoms with E-state index in [9.17, 15) is 30.0 Å². The number of carboxylic acid groups (broad SMARTS) is 2. The van der Waals surface area contributed by atoms with Gasteiger partial charge in [0.25, 0.3) is 0 Å². The van der Waals surface area contributed by atoms with Crippen molar-refractivity contribution in [1.82, 2.24) is 0 Å². The van der Waals surface area contributed by atoms with Crippen molar-refractivity contribution in [3.63, 3.8) is 0 Å². The molecular formula is C33H40Br2N2O8. The van der Waals surface area contributed by atoms with Crippen LogP contribution in [0.5, 0.6) is 11.5 Å². The first kappa shape index (κ1) is 37.9. The number of carboxylic acids is 2. The van der Waals surface area contributed by atoms with Gasteiger partial charge in [0, 0.05) is 17.8 Å². The zero-order valence-corrected chi connectivity index (χ0v) is 28.8. The van der Waals surface area contributed by atoms with E-state index in [0.717, 1.165) is 11.1 Å². The standard InChI is InChI=1S/C33H40Br2N2O8/c1-4-36-27(31(40)41)10-6-8-22(9-7-11-28(32(42)43)37-5-2)33(3,23-12-14-29(25(34)20-23)44-18-16-38)24-13-15-30(26(35)21-24)45-19-17-39/h4-5,10-15,20-22,38-39H,6-9,16-19H2,1-3H3,(H,40,41)(H,42,43). The van der Waals surface area contributed by atoms with Crippen molar-refractivity contribution in [3.05, 3.63) is 80.0 Å². The normalized spacial score (nSPS) is 13.4. The maximum absolute atomic E-state index is 11.7. The number of aliphatic hydroxyl groups excluding tert-OH is 2. The summed E-state index contributed by atoms with van der Waals surface area (Å²) >= 11 is 7.23. The molecule has 10 nitrogen and oxygen atoms in total. The van der Waals surface area contributed by atoms with Crippen LogP contribution >= 0.6 is 31.9 Å². The molecule has 2 aromatic rings. The molecule has 0 atom stereocenters. The minimum absolute atomic E-state index is 0.0513. The summed E-state index contributed by atoms with van der Waals surface area (Å²) in [4.78, 5) is 31.5. The summed E-state index contributed by atoms with van der Waals surface area (Å²) in [6, 6.07) is 11.5. The number of ether oxygens (including phenoxy) is 2. The fourth-order valence-electron chi connectivity index (χ4n) is 5.06. The number of aliphatic hydroxyl groups is 2. The molecule has 0 saturated heterocycles. The quantitative estimate of drug-likeness (QED) is 0.0929. The molecule has 0 heterocycles. The molecule has 0 spiro atoms. The number of benzene rings is 2. The number of hydrogen-bond acceptors (Lipinski definition) is 8. The van der Waals surface area contributed by atoms with Crippen LogP contribution in [0.25, 0.3) is 0 Å². The van der Waals surface area contributed by atoms with Crippen molar-refractivity contribution < 1.29 is 39.5 Å². The average molecular weight is 752 g/mol. The van der Waals surface area contributed by atoms with E-state index >= 15 is 0 Å². The molecule has 244 valence electrons. The van der Waals surface area contributed by atoms with E-state index in [2.05, 4.69) is 48.8 Å².